The second kappa shape index (κ2) is 12.1. The number of morpholine rings is 1. The highest BCUT2D eigenvalue weighted by Gasteiger charge is 2.45. The highest BCUT2D eigenvalue weighted by atomic mass is 19.1. The lowest BCUT2D eigenvalue weighted by molar-refractivity contribution is 0.0231. The van der Waals surface area contributed by atoms with Gasteiger partial charge in [0.05, 0.1) is 25.4 Å². The zero-order valence-electron chi connectivity index (χ0n) is 27.5. The van der Waals surface area contributed by atoms with Gasteiger partial charge in [0.15, 0.2) is 5.82 Å². The van der Waals surface area contributed by atoms with E-state index in [1.807, 2.05) is 19.9 Å². The van der Waals surface area contributed by atoms with Crippen LogP contribution in [0.5, 0.6) is 11.8 Å². The number of nitrogens with zero attached hydrogens (tertiary/aromatic N) is 4. The molecule has 4 heterocycles. The number of phenols is 1. The molecule has 10 heteroatoms. The maximum absolute atomic E-state index is 17.4. The lowest BCUT2D eigenvalue weighted by Gasteiger charge is -2.34. The molecule has 4 fully saturated rings. The van der Waals surface area contributed by atoms with E-state index in [-0.39, 0.29) is 39.7 Å². The maximum Gasteiger partial charge on any atom is 0.319 e. The Labute approximate surface area is 279 Å². The van der Waals surface area contributed by atoms with Crippen LogP contribution in [0.2, 0.25) is 0 Å². The monoisotopic (exact) mass is 653 g/mol. The molecule has 250 valence electrons. The molecule has 48 heavy (non-hydrogen) atoms. The summed E-state index contributed by atoms with van der Waals surface area (Å²) in [5, 5.41) is 16.0. The first kappa shape index (κ1) is 31.2. The topological polar surface area (TPSA) is 83.0 Å². The Balaban J connectivity index is 1.28. The average molecular weight is 654 g/mol. The van der Waals surface area contributed by atoms with Gasteiger partial charge in [0.2, 0.25) is 0 Å². The Morgan fingerprint density at radius 2 is 1.85 bits per heavy atom. The van der Waals surface area contributed by atoms with E-state index in [2.05, 4.69) is 21.0 Å². The van der Waals surface area contributed by atoms with Crippen LogP contribution in [0.1, 0.15) is 56.6 Å². The van der Waals surface area contributed by atoms with Crippen LogP contribution >= 0.6 is 0 Å². The van der Waals surface area contributed by atoms with Gasteiger partial charge >= 0.3 is 6.01 Å². The molecular formula is C38H41F2N5O3. The van der Waals surface area contributed by atoms with Crippen LogP contribution in [-0.4, -0.2) is 84.6 Å². The molecule has 0 amide bonds. The van der Waals surface area contributed by atoms with Crippen molar-refractivity contribution in [3.63, 3.8) is 0 Å². The molecule has 2 N–H and O–H groups in total. The molecule has 1 saturated carbocycles. The summed E-state index contributed by atoms with van der Waals surface area (Å²) in [4.78, 5) is 14.4. The van der Waals surface area contributed by atoms with Crippen molar-refractivity contribution in [1.29, 1.82) is 0 Å². The number of halogens is 2. The average Bonchev–Trinajstić information content (AvgIpc) is 3.76. The number of hydrogen-bond donors (Lipinski definition) is 2. The van der Waals surface area contributed by atoms with Crippen molar-refractivity contribution >= 4 is 27.5 Å². The molecule has 1 aromatic heterocycles. The fourth-order valence-electron chi connectivity index (χ4n) is 7.95. The van der Waals surface area contributed by atoms with Gasteiger partial charge < -0.3 is 24.8 Å². The van der Waals surface area contributed by atoms with Crippen molar-refractivity contribution in [1.82, 2.24) is 20.2 Å². The summed E-state index contributed by atoms with van der Waals surface area (Å²) < 4.78 is 44.5. The third-order valence-electron chi connectivity index (χ3n) is 10.7. The number of hydrogen-bond acceptors (Lipinski definition) is 8. The second-order valence-corrected chi connectivity index (χ2v) is 14.4. The molecule has 4 aliphatic rings. The number of rotatable bonds is 8. The number of aromatic hydroxyl groups is 1. The van der Waals surface area contributed by atoms with Gasteiger partial charge in [-0.2, -0.15) is 9.97 Å². The van der Waals surface area contributed by atoms with Crippen molar-refractivity contribution in [2.75, 3.05) is 57.4 Å². The first-order chi connectivity index (χ1) is 23.2. The predicted molar refractivity (Wildman–Crippen MR) is 183 cm³/mol. The molecule has 8 nitrogen and oxygen atoms in total. The van der Waals surface area contributed by atoms with E-state index in [4.69, 9.17) is 25.9 Å². The summed E-state index contributed by atoms with van der Waals surface area (Å²) in [6, 6.07) is 8.60. The third-order valence-corrected chi connectivity index (χ3v) is 10.7. The first-order valence-electron chi connectivity index (χ1n) is 17.1. The van der Waals surface area contributed by atoms with Gasteiger partial charge in [0.1, 0.15) is 22.9 Å². The van der Waals surface area contributed by atoms with Crippen LogP contribution in [0, 0.1) is 29.4 Å². The molecule has 0 spiro atoms. The molecule has 8 rings (SSSR count). The molecule has 0 radical (unpaired) electrons. The summed E-state index contributed by atoms with van der Waals surface area (Å²) in [6.45, 7) is 10.2. The summed E-state index contributed by atoms with van der Waals surface area (Å²) in [5.74, 6) is 1.78. The number of fused-ring (bicyclic) bond motifs is 4. The lowest BCUT2D eigenvalue weighted by Crippen LogP contribution is -2.51. The van der Waals surface area contributed by atoms with Crippen LogP contribution < -0.4 is 15.0 Å². The number of anilines is 1. The molecule has 3 aromatic carbocycles. The number of nitrogens with one attached hydrogen (secondary N) is 1. The van der Waals surface area contributed by atoms with Gasteiger partial charge in [-0.05, 0) is 72.4 Å². The normalized spacial score (nSPS) is 22.0. The van der Waals surface area contributed by atoms with Crippen molar-refractivity contribution in [2.45, 2.75) is 57.5 Å². The third kappa shape index (κ3) is 5.62. The molecule has 1 aliphatic carbocycles. The van der Waals surface area contributed by atoms with E-state index in [9.17, 15) is 5.11 Å². The Morgan fingerprint density at radius 1 is 1.10 bits per heavy atom. The van der Waals surface area contributed by atoms with E-state index in [1.54, 1.807) is 6.07 Å². The van der Waals surface area contributed by atoms with Crippen molar-refractivity contribution < 1.29 is 23.4 Å². The maximum atomic E-state index is 17.4. The first-order valence-corrected chi connectivity index (χ1v) is 17.1. The van der Waals surface area contributed by atoms with E-state index in [0.29, 0.717) is 51.8 Å². The van der Waals surface area contributed by atoms with Crippen molar-refractivity contribution in [3.8, 4) is 35.2 Å². The Morgan fingerprint density at radius 3 is 2.54 bits per heavy atom. The molecule has 3 aliphatic heterocycles. The predicted octanol–water partition coefficient (Wildman–Crippen LogP) is 5.97. The van der Waals surface area contributed by atoms with Crippen LogP contribution in [0.3, 0.4) is 0 Å². The molecule has 4 aromatic rings. The van der Waals surface area contributed by atoms with Crippen LogP contribution in [0.4, 0.5) is 14.6 Å². The minimum absolute atomic E-state index is 0.0192. The lowest BCUT2D eigenvalue weighted by atomic mass is 9.86. The number of benzene rings is 3. The molecule has 2 unspecified atom stereocenters. The highest BCUT2D eigenvalue weighted by molar-refractivity contribution is 6.05. The van der Waals surface area contributed by atoms with E-state index in [1.165, 1.54) is 18.2 Å². The number of terminal acetylenes is 1. The minimum Gasteiger partial charge on any atom is -0.508 e. The number of aromatic nitrogens is 2. The minimum atomic E-state index is -0.580. The van der Waals surface area contributed by atoms with Crippen LogP contribution in [-0.2, 0) is 4.74 Å². The summed E-state index contributed by atoms with van der Waals surface area (Å²) in [6.07, 6.45) is 10.1. The molecular weight excluding hydrogens is 612 g/mol. The largest absolute Gasteiger partial charge is 0.508 e. The van der Waals surface area contributed by atoms with Gasteiger partial charge in [-0.25, -0.2) is 8.78 Å². The standard InChI is InChI=1S/C38H41F2N5O3/c1-4-27-31(39)8-5-23-15-26(46)16-29(32(23)27)33-28(22(2)3)17-30-35(34(33)40)42-37(43-36(30)45-18-24-6-7-25(19-45)41-24)48-21-38(9-10-38)20-44-11-13-47-14-12-44/h1,5,8,15-17,22,24-25,41,46H,6-7,9-14,18-21H2,2-3H3. The molecule has 2 atom stereocenters. The highest BCUT2D eigenvalue weighted by Crippen LogP contribution is 2.47. The van der Waals surface area contributed by atoms with Gasteiger partial charge in [0.25, 0.3) is 0 Å². The van der Waals surface area contributed by atoms with Gasteiger partial charge in [-0.15, -0.1) is 6.42 Å². The zero-order valence-corrected chi connectivity index (χ0v) is 27.5. The van der Waals surface area contributed by atoms with Crippen molar-refractivity contribution in [3.05, 3.63) is 53.1 Å². The van der Waals surface area contributed by atoms with Gasteiger partial charge in [0, 0.05) is 66.6 Å². The quantitative estimate of drug-likeness (QED) is 0.225. The van der Waals surface area contributed by atoms with Crippen molar-refractivity contribution in [2.24, 2.45) is 5.41 Å². The zero-order chi connectivity index (χ0) is 33.2. The number of ether oxygens (including phenoxy) is 2. The van der Waals surface area contributed by atoms with Gasteiger partial charge in [-0.1, -0.05) is 25.8 Å². The Hall–Kier alpha value is -4.04. The number of phenolic OH excluding ortho intramolecular Hbond substituents is 1. The van der Waals surface area contributed by atoms with E-state index in [0.717, 1.165) is 71.6 Å². The fraction of sp³-hybridized carbons (Fsp3) is 0.474. The number of piperazine rings is 1. The SMILES string of the molecule is C#Cc1c(F)ccc2cc(O)cc(-c3c(C(C)C)cc4c(N5CC6CCC(C5)N6)nc(OCC5(CN6CCOCC6)CC5)nc4c3F)c12. The summed E-state index contributed by atoms with van der Waals surface area (Å²) in [7, 11) is 0. The Bertz CT molecular complexity index is 1940. The summed E-state index contributed by atoms with van der Waals surface area (Å²) >= 11 is 0. The van der Waals surface area contributed by atoms with E-state index < -0.39 is 11.6 Å². The van der Waals surface area contributed by atoms with Crippen LogP contribution in [0.15, 0.2) is 30.3 Å². The smallest absolute Gasteiger partial charge is 0.319 e. The van der Waals surface area contributed by atoms with Gasteiger partial charge in [-0.3, -0.25) is 4.90 Å². The molecule has 3 saturated heterocycles. The fourth-order valence-corrected chi connectivity index (χ4v) is 7.95. The van der Waals surface area contributed by atoms with E-state index >= 15 is 8.78 Å². The summed E-state index contributed by atoms with van der Waals surface area (Å²) in [5.41, 5.74) is 1.43. The second-order valence-electron chi connectivity index (χ2n) is 14.4. The Kier molecular flexibility index (Phi) is 7.90. The molecule has 2 bridgehead atoms. The van der Waals surface area contributed by atoms with Crippen LogP contribution in [0.25, 0.3) is 32.8 Å².